The molecule has 1 fully saturated rings. The molecule has 3 aromatic rings. The molecule has 152 valence electrons. The Kier molecular flexibility index (Phi) is 6.49. The van der Waals surface area contributed by atoms with Crippen molar-refractivity contribution in [1.29, 1.82) is 0 Å². The van der Waals surface area contributed by atoms with E-state index in [4.69, 9.17) is 9.52 Å². The largest absolute Gasteiger partial charge is 0.465 e. The van der Waals surface area contributed by atoms with Gasteiger partial charge in [0.15, 0.2) is 5.58 Å². The van der Waals surface area contributed by atoms with E-state index in [0.717, 1.165) is 21.6 Å². The zero-order chi connectivity index (χ0) is 20.8. The van der Waals surface area contributed by atoms with Gasteiger partial charge in [-0.1, -0.05) is 25.0 Å². The van der Waals surface area contributed by atoms with Gasteiger partial charge in [0.05, 0.1) is 0 Å². The molecule has 4 rings (SSSR count). The Bertz CT molecular complexity index is 942. The zero-order valence-corrected chi connectivity index (χ0v) is 16.6. The number of para-hydroxylation sites is 2. The van der Waals surface area contributed by atoms with Crippen LogP contribution in [0.2, 0.25) is 0 Å². The highest BCUT2D eigenvalue weighted by atomic mass is 16.4. The summed E-state index contributed by atoms with van der Waals surface area (Å²) in [5.74, 6) is 0.637. The smallest absolute Gasteiger partial charge is 0.411 e. The van der Waals surface area contributed by atoms with E-state index < -0.39 is 6.09 Å². The molecular formula is C22H25N3O4. The van der Waals surface area contributed by atoms with Crippen LogP contribution in [-0.2, 0) is 4.79 Å². The van der Waals surface area contributed by atoms with E-state index in [9.17, 15) is 9.59 Å². The molecule has 7 nitrogen and oxygen atoms in total. The van der Waals surface area contributed by atoms with E-state index in [1.165, 1.54) is 32.7 Å². The van der Waals surface area contributed by atoms with Crippen molar-refractivity contribution >= 4 is 28.8 Å². The highest BCUT2D eigenvalue weighted by molar-refractivity contribution is 5.85. The molecule has 0 atom stereocenters. The van der Waals surface area contributed by atoms with Crippen molar-refractivity contribution < 1.29 is 19.1 Å². The number of carbonyl (C=O) groups is 2. The van der Waals surface area contributed by atoms with Crippen LogP contribution in [0, 0.1) is 0 Å². The first-order chi connectivity index (χ1) is 13.9. The Morgan fingerprint density at radius 3 is 2.34 bits per heavy atom. The van der Waals surface area contributed by atoms with Crippen LogP contribution in [0.1, 0.15) is 32.6 Å². The minimum absolute atomic E-state index is 0.113. The van der Waals surface area contributed by atoms with Crippen LogP contribution in [-0.4, -0.2) is 35.2 Å². The predicted molar refractivity (Wildman–Crippen MR) is 112 cm³/mol. The van der Waals surface area contributed by atoms with Gasteiger partial charge in [0.2, 0.25) is 11.8 Å². The van der Waals surface area contributed by atoms with Crippen molar-refractivity contribution in [1.82, 2.24) is 10.3 Å². The fraction of sp³-hybridized carbons (Fsp3) is 0.318. The first-order valence-electron chi connectivity index (χ1n) is 9.64. The SMILES string of the molecule is CC(=O)NC1CCCC1.CN(C(=O)O)c1ccc(-c2nc3ccccc3o2)cc1. The molecule has 1 saturated carbocycles. The lowest BCUT2D eigenvalue weighted by Gasteiger charge is -2.12. The second-order valence-corrected chi connectivity index (χ2v) is 7.06. The van der Waals surface area contributed by atoms with Gasteiger partial charge in [0.1, 0.15) is 5.52 Å². The minimum atomic E-state index is -1.00. The molecule has 0 spiro atoms. The normalized spacial score (nSPS) is 13.6. The van der Waals surface area contributed by atoms with Crippen LogP contribution in [0.4, 0.5) is 10.5 Å². The Balaban J connectivity index is 0.000000224. The fourth-order valence-corrected chi connectivity index (χ4v) is 3.29. The highest BCUT2D eigenvalue weighted by Crippen LogP contribution is 2.26. The molecule has 0 aliphatic heterocycles. The van der Waals surface area contributed by atoms with Crippen LogP contribution in [0.5, 0.6) is 0 Å². The van der Waals surface area contributed by atoms with Crippen LogP contribution >= 0.6 is 0 Å². The number of rotatable bonds is 3. The summed E-state index contributed by atoms with van der Waals surface area (Å²) in [5.41, 5.74) is 2.93. The lowest BCUT2D eigenvalue weighted by atomic mass is 10.2. The van der Waals surface area contributed by atoms with Gasteiger partial charge >= 0.3 is 6.09 Å². The van der Waals surface area contributed by atoms with E-state index in [2.05, 4.69) is 10.3 Å². The average Bonchev–Trinajstić information content (AvgIpc) is 3.37. The first kappa shape index (κ1) is 20.4. The average molecular weight is 395 g/mol. The van der Waals surface area contributed by atoms with E-state index in [1.54, 1.807) is 31.2 Å². The number of nitrogens with one attached hydrogen (secondary N) is 1. The predicted octanol–water partition coefficient (Wildman–Crippen LogP) is 4.67. The van der Waals surface area contributed by atoms with Gasteiger partial charge in [0, 0.05) is 31.3 Å². The van der Waals surface area contributed by atoms with Gasteiger partial charge in [-0.05, 0) is 49.2 Å². The van der Waals surface area contributed by atoms with E-state index in [1.807, 2.05) is 24.3 Å². The Morgan fingerprint density at radius 1 is 1.10 bits per heavy atom. The fourth-order valence-electron chi connectivity index (χ4n) is 3.29. The van der Waals surface area contributed by atoms with E-state index in [-0.39, 0.29) is 5.91 Å². The van der Waals surface area contributed by atoms with Gasteiger partial charge in [-0.15, -0.1) is 0 Å². The van der Waals surface area contributed by atoms with Gasteiger partial charge in [-0.2, -0.15) is 0 Å². The van der Waals surface area contributed by atoms with Crippen molar-refractivity contribution in [3.8, 4) is 11.5 Å². The maximum Gasteiger partial charge on any atom is 0.411 e. The van der Waals surface area contributed by atoms with Crippen LogP contribution < -0.4 is 10.2 Å². The number of hydrogen-bond acceptors (Lipinski definition) is 4. The standard InChI is InChI=1S/C15H12N2O3.C7H13NO/c1-17(15(18)19)11-8-6-10(7-9-11)14-16-12-4-2-3-5-13(12)20-14;1-6(9)8-7-4-2-3-5-7/h2-9H,1H3,(H,18,19);7H,2-5H2,1H3,(H,8,9). The van der Waals surface area contributed by atoms with Crippen molar-refractivity contribution in [2.75, 3.05) is 11.9 Å². The number of nitrogens with zero attached hydrogens (tertiary/aromatic N) is 2. The van der Waals surface area contributed by atoms with Gasteiger partial charge in [-0.3, -0.25) is 9.69 Å². The minimum Gasteiger partial charge on any atom is -0.465 e. The van der Waals surface area contributed by atoms with Crippen molar-refractivity contribution in [2.45, 2.75) is 38.6 Å². The van der Waals surface area contributed by atoms with Gasteiger partial charge in [-0.25, -0.2) is 9.78 Å². The van der Waals surface area contributed by atoms with Crippen LogP contribution in [0.25, 0.3) is 22.6 Å². The van der Waals surface area contributed by atoms with Crippen LogP contribution in [0.3, 0.4) is 0 Å². The molecule has 0 unspecified atom stereocenters. The number of benzene rings is 2. The highest BCUT2D eigenvalue weighted by Gasteiger charge is 2.14. The number of fused-ring (bicyclic) bond motifs is 1. The number of carboxylic acid groups (broad SMARTS) is 1. The van der Waals surface area contributed by atoms with Gasteiger partial charge < -0.3 is 14.8 Å². The molecule has 2 amide bonds. The molecule has 0 bridgehead atoms. The third-order valence-electron chi connectivity index (χ3n) is 4.84. The quantitative estimate of drug-likeness (QED) is 0.672. The summed E-state index contributed by atoms with van der Waals surface area (Å²) in [6.45, 7) is 1.58. The Morgan fingerprint density at radius 2 is 1.76 bits per heavy atom. The summed E-state index contributed by atoms with van der Waals surface area (Å²) in [7, 11) is 1.50. The molecular weight excluding hydrogens is 370 g/mol. The Hall–Kier alpha value is -3.35. The summed E-state index contributed by atoms with van der Waals surface area (Å²) in [6, 6.07) is 15.0. The molecule has 2 aromatic carbocycles. The summed E-state index contributed by atoms with van der Waals surface area (Å²) < 4.78 is 5.66. The number of amides is 2. The van der Waals surface area contributed by atoms with Crippen molar-refractivity contribution in [2.24, 2.45) is 0 Å². The molecule has 0 radical (unpaired) electrons. The van der Waals surface area contributed by atoms with Crippen molar-refractivity contribution in [3.63, 3.8) is 0 Å². The number of anilines is 1. The number of carbonyl (C=O) groups excluding carboxylic acids is 1. The lowest BCUT2D eigenvalue weighted by molar-refractivity contribution is -0.119. The third-order valence-corrected chi connectivity index (χ3v) is 4.84. The zero-order valence-electron chi connectivity index (χ0n) is 16.6. The lowest BCUT2D eigenvalue weighted by Crippen LogP contribution is -2.30. The maximum atomic E-state index is 10.9. The summed E-state index contributed by atoms with van der Waals surface area (Å²) in [5, 5.41) is 11.8. The van der Waals surface area contributed by atoms with Gasteiger partial charge in [0.25, 0.3) is 0 Å². The maximum absolute atomic E-state index is 10.9. The Labute approximate surface area is 169 Å². The molecule has 1 aromatic heterocycles. The molecule has 1 heterocycles. The first-order valence-corrected chi connectivity index (χ1v) is 9.64. The number of aromatic nitrogens is 1. The molecule has 2 N–H and O–H groups in total. The molecule has 29 heavy (non-hydrogen) atoms. The number of hydrogen-bond donors (Lipinski definition) is 2. The summed E-state index contributed by atoms with van der Waals surface area (Å²) >= 11 is 0. The summed E-state index contributed by atoms with van der Waals surface area (Å²) in [6.07, 6.45) is 3.93. The summed E-state index contributed by atoms with van der Waals surface area (Å²) in [4.78, 5) is 26.9. The van der Waals surface area contributed by atoms with Crippen molar-refractivity contribution in [3.05, 3.63) is 48.5 Å². The third kappa shape index (κ3) is 5.34. The topological polar surface area (TPSA) is 95.7 Å². The number of oxazole rings is 1. The van der Waals surface area contributed by atoms with Crippen LogP contribution in [0.15, 0.2) is 52.9 Å². The molecule has 0 saturated heterocycles. The van der Waals surface area contributed by atoms with E-state index in [0.29, 0.717) is 17.6 Å². The van der Waals surface area contributed by atoms with E-state index >= 15 is 0 Å². The molecule has 1 aliphatic carbocycles. The monoisotopic (exact) mass is 395 g/mol. The molecule has 1 aliphatic rings. The second-order valence-electron chi connectivity index (χ2n) is 7.06. The molecule has 7 heteroatoms. The second kappa shape index (κ2) is 9.23.